The van der Waals surface area contributed by atoms with E-state index in [0.29, 0.717) is 11.8 Å². The number of nitrogens with zero attached hydrogens (tertiary/aromatic N) is 3. The normalized spacial score (nSPS) is 23.9. The second kappa shape index (κ2) is 7.06. The fourth-order valence-corrected chi connectivity index (χ4v) is 5.32. The highest BCUT2D eigenvalue weighted by atomic mass is 19.1. The number of likely N-dealkylation sites (tertiary alicyclic amines) is 1. The monoisotopic (exact) mass is 391 g/mol. The van der Waals surface area contributed by atoms with Gasteiger partial charge in [-0.15, -0.1) is 0 Å². The van der Waals surface area contributed by atoms with Crippen molar-refractivity contribution in [2.45, 2.75) is 32.6 Å². The molecular weight excluding hydrogens is 365 g/mol. The molecule has 3 aromatic rings. The molecule has 2 aromatic heterocycles. The standard InChI is InChI=1S/C24H26FN3O/c1-15-4-3-5-23-26-16(2)20(24(29)28(15)23)10-11-27-13-18-12-21(22(18)14-27)17-6-8-19(25)9-7-17/h3-9,18,21-22H,10-14H2,1-2H3. The zero-order valence-electron chi connectivity index (χ0n) is 16.9. The fraction of sp³-hybridized carbons (Fsp3) is 0.417. The Morgan fingerprint density at radius 3 is 2.69 bits per heavy atom. The summed E-state index contributed by atoms with van der Waals surface area (Å²) in [5.74, 6) is 1.75. The first-order valence-corrected chi connectivity index (χ1v) is 10.5. The molecule has 0 radical (unpaired) electrons. The minimum Gasteiger partial charge on any atom is -0.302 e. The summed E-state index contributed by atoms with van der Waals surface area (Å²) < 4.78 is 14.9. The lowest BCUT2D eigenvalue weighted by molar-refractivity contribution is 0.191. The van der Waals surface area contributed by atoms with Crippen LogP contribution in [-0.4, -0.2) is 33.9 Å². The van der Waals surface area contributed by atoms with Crippen molar-refractivity contribution >= 4 is 5.65 Å². The van der Waals surface area contributed by atoms with E-state index in [4.69, 9.17) is 0 Å². The Bertz CT molecular complexity index is 1120. The minimum absolute atomic E-state index is 0.0666. The third-order valence-electron chi connectivity index (χ3n) is 6.96. The molecule has 1 aliphatic heterocycles. The average Bonchev–Trinajstić information content (AvgIpc) is 2.99. The predicted molar refractivity (Wildman–Crippen MR) is 112 cm³/mol. The zero-order chi connectivity index (χ0) is 20.1. The number of aromatic nitrogens is 2. The molecule has 1 aromatic carbocycles. The van der Waals surface area contributed by atoms with Crippen molar-refractivity contribution < 1.29 is 4.39 Å². The van der Waals surface area contributed by atoms with E-state index >= 15 is 0 Å². The first-order valence-electron chi connectivity index (χ1n) is 10.5. The molecule has 3 unspecified atom stereocenters. The van der Waals surface area contributed by atoms with Crippen molar-refractivity contribution in [2.24, 2.45) is 11.8 Å². The largest absolute Gasteiger partial charge is 0.302 e. The van der Waals surface area contributed by atoms with Gasteiger partial charge in [0.05, 0.1) is 0 Å². The van der Waals surface area contributed by atoms with Gasteiger partial charge in [-0.05, 0) is 74.3 Å². The van der Waals surface area contributed by atoms with Gasteiger partial charge >= 0.3 is 0 Å². The highest BCUT2D eigenvalue weighted by Gasteiger charge is 2.47. The Morgan fingerprint density at radius 2 is 1.90 bits per heavy atom. The molecule has 2 fully saturated rings. The Kier molecular flexibility index (Phi) is 4.50. The number of halogens is 1. The summed E-state index contributed by atoms with van der Waals surface area (Å²) in [6.07, 6.45) is 1.92. The maximum atomic E-state index is 13.2. The van der Waals surface area contributed by atoms with E-state index < -0.39 is 0 Å². The number of hydrogen-bond donors (Lipinski definition) is 0. The highest BCUT2D eigenvalue weighted by Crippen LogP contribution is 2.51. The summed E-state index contributed by atoms with van der Waals surface area (Å²) in [6.45, 7) is 6.94. The van der Waals surface area contributed by atoms with Gasteiger partial charge in [0.25, 0.3) is 5.56 Å². The maximum Gasteiger partial charge on any atom is 0.261 e. The third-order valence-corrected chi connectivity index (χ3v) is 6.96. The first kappa shape index (κ1) is 18.5. The maximum absolute atomic E-state index is 13.2. The lowest BCUT2D eigenvalue weighted by Crippen LogP contribution is -2.33. The van der Waals surface area contributed by atoms with Crippen LogP contribution in [0.5, 0.6) is 0 Å². The molecule has 2 aliphatic rings. The lowest BCUT2D eigenvalue weighted by Gasteiger charge is -2.40. The summed E-state index contributed by atoms with van der Waals surface area (Å²) in [5.41, 5.74) is 4.63. The highest BCUT2D eigenvalue weighted by molar-refractivity contribution is 5.42. The molecule has 0 amide bonds. The Hall–Kier alpha value is -2.53. The Morgan fingerprint density at radius 1 is 1.10 bits per heavy atom. The summed E-state index contributed by atoms with van der Waals surface area (Å²) in [7, 11) is 0. The average molecular weight is 391 g/mol. The predicted octanol–water partition coefficient (Wildman–Crippen LogP) is 3.73. The van der Waals surface area contributed by atoms with Crippen LogP contribution in [0, 0.1) is 31.5 Å². The number of aryl methyl sites for hydroxylation is 2. The summed E-state index contributed by atoms with van der Waals surface area (Å²) >= 11 is 0. The molecule has 3 atom stereocenters. The van der Waals surface area contributed by atoms with Crippen LogP contribution in [0.25, 0.3) is 5.65 Å². The van der Waals surface area contributed by atoms with Gasteiger partial charge in [0.15, 0.2) is 0 Å². The van der Waals surface area contributed by atoms with Crippen LogP contribution < -0.4 is 5.56 Å². The van der Waals surface area contributed by atoms with E-state index in [1.54, 1.807) is 16.5 Å². The van der Waals surface area contributed by atoms with E-state index in [1.807, 2.05) is 44.2 Å². The third kappa shape index (κ3) is 3.18. The van der Waals surface area contributed by atoms with E-state index in [-0.39, 0.29) is 11.4 Å². The molecule has 1 saturated carbocycles. The SMILES string of the molecule is Cc1nc2cccc(C)n2c(=O)c1CCN1CC2CC(c3ccc(F)cc3)C2C1. The van der Waals surface area contributed by atoms with Crippen molar-refractivity contribution in [1.82, 2.24) is 14.3 Å². The van der Waals surface area contributed by atoms with Crippen molar-refractivity contribution in [3.63, 3.8) is 0 Å². The van der Waals surface area contributed by atoms with Crippen LogP contribution in [0.3, 0.4) is 0 Å². The van der Waals surface area contributed by atoms with Crippen LogP contribution in [0.1, 0.15) is 34.9 Å². The van der Waals surface area contributed by atoms with E-state index in [0.717, 1.165) is 54.6 Å². The second-order valence-corrected chi connectivity index (χ2v) is 8.67. The molecule has 1 aliphatic carbocycles. The molecule has 29 heavy (non-hydrogen) atoms. The molecule has 4 nitrogen and oxygen atoms in total. The van der Waals surface area contributed by atoms with Gasteiger partial charge < -0.3 is 4.90 Å². The van der Waals surface area contributed by atoms with Crippen LogP contribution in [0.2, 0.25) is 0 Å². The van der Waals surface area contributed by atoms with Gasteiger partial charge in [-0.3, -0.25) is 9.20 Å². The smallest absolute Gasteiger partial charge is 0.261 e. The van der Waals surface area contributed by atoms with Gasteiger partial charge in [0, 0.05) is 36.6 Å². The molecule has 0 N–H and O–H groups in total. The fourth-order valence-electron chi connectivity index (χ4n) is 5.32. The van der Waals surface area contributed by atoms with Gasteiger partial charge in [0.1, 0.15) is 11.5 Å². The Labute approximate surface area is 170 Å². The molecule has 3 heterocycles. The summed E-state index contributed by atoms with van der Waals surface area (Å²) in [6, 6.07) is 12.8. The molecule has 1 saturated heterocycles. The van der Waals surface area contributed by atoms with Crippen molar-refractivity contribution in [2.75, 3.05) is 19.6 Å². The molecule has 0 spiro atoms. The molecule has 150 valence electrons. The van der Waals surface area contributed by atoms with E-state index in [9.17, 15) is 9.18 Å². The van der Waals surface area contributed by atoms with Crippen LogP contribution >= 0.6 is 0 Å². The molecule has 5 rings (SSSR count). The Balaban J connectivity index is 1.29. The van der Waals surface area contributed by atoms with Crippen LogP contribution in [0.15, 0.2) is 47.3 Å². The minimum atomic E-state index is -0.168. The number of fused-ring (bicyclic) bond motifs is 2. The topological polar surface area (TPSA) is 37.6 Å². The molecule has 5 heteroatoms. The second-order valence-electron chi connectivity index (χ2n) is 8.67. The number of pyridine rings is 1. The van der Waals surface area contributed by atoms with Crippen LogP contribution in [0.4, 0.5) is 4.39 Å². The van der Waals surface area contributed by atoms with Gasteiger partial charge in [-0.2, -0.15) is 0 Å². The van der Waals surface area contributed by atoms with E-state index in [2.05, 4.69) is 9.88 Å². The van der Waals surface area contributed by atoms with Crippen molar-refractivity contribution in [3.05, 3.63) is 81.2 Å². The number of benzene rings is 1. The van der Waals surface area contributed by atoms with Gasteiger partial charge in [-0.1, -0.05) is 18.2 Å². The molecule has 0 bridgehead atoms. The lowest BCUT2D eigenvalue weighted by atomic mass is 9.64. The molecular formula is C24H26FN3O. The van der Waals surface area contributed by atoms with Gasteiger partial charge in [-0.25, -0.2) is 9.37 Å². The first-order chi connectivity index (χ1) is 14.0. The number of rotatable bonds is 4. The van der Waals surface area contributed by atoms with Crippen molar-refractivity contribution in [1.29, 1.82) is 0 Å². The summed E-state index contributed by atoms with van der Waals surface area (Å²) in [5, 5.41) is 0. The zero-order valence-corrected chi connectivity index (χ0v) is 16.9. The quantitative estimate of drug-likeness (QED) is 0.680. The number of hydrogen-bond acceptors (Lipinski definition) is 3. The van der Waals surface area contributed by atoms with Crippen LogP contribution in [-0.2, 0) is 6.42 Å². The van der Waals surface area contributed by atoms with Gasteiger partial charge in [0.2, 0.25) is 0 Å². The van der Waals surface area contributed by atoms with Crippen molar-refractivity contribution in [3.8, 4) is 0 Å². The summed E-state index contributed by atoms with van der Waals surface area (Å²) in [4.78, 5) is 20.2. The van der Waals surface area contributed by atoms with E-state index in [1.165, 1.54) is 12.0 Å².